The molecule has 2 N–H and O–H groups in total. The van der Waals surface area contributed by atoms with Gasteiger partial charge in [0.15, 0.2) is 0 Å². The van der Waals surface area contributed by atoms with E-state index >= 15 is 0 Å². The molecule has 1 fully saturated rings. The summed E-state index contributed by atoms with van der Waals surface area (Å²) in [5, 5.41) is 3.09. The Morgan fingerprint density at radius 3 is 2.28 bits per heavy atom. The molecule has 1 amide bonds. The van der Waals surface area contributed by atoms with Crippen molar-refractivity contribution in [1.82, 2.24) is 10.0 Å². The van der Waals surface area contributed by atoms with Gasteiger partial charge < -0.3 is 5.32 Å². The third-order valence-corrected chi connectivity index (χ3v) is 5.86. The van der Waals surface area contributed by atoms with Gasteiger partial charge in [0.2, 0.25) is 10.0 Å². The van der Waals surface area contributed by atoms with Crippen LogP contribution < -0.4 is 10.0 Å². The number of rotatable bonds is 7. The fourth-order valence-corrected chi connectivity index (χ4v) is 3.89. The second-order valence-corrected chi connectivity index (χ2v) is 7.99. The van der Waals surface area contributed by atoms with Gasteiger partial charge in [-0.25, -0.2) is 13.1 Å². The van der Waals surface area contributed by atoms with Crippen molar-refractivity contribution < 1.29 is 13.2 Å². The van der Waals surface area contributed by atoms with Crippen LogP contribution in [0, 0.1) is 5.92 Å². The van der Waals surface area contributed by atoms with Crippen LogP contribution >= 0.6 is 0 Å². The molecule has 5 nitrogen and oxygen atoms in total. The van der Waals surface area contributed by atoms with E-state index in [-0.39, 0.29) is 16.8 Å². The number of amides is 1. The van der Waals surface area contributed by atoms with E-state index in [0.717, 1.165) is 18.4 Å². The largest absolute Gasteiger partial charge is 0.345 e. The first-order chi connectivity index (χ1) is 12.0. The molecular weight excluding hydrogens is 336 g/mol. The fourth-order valence-electron chi connectivity index (χ4n) is 2.85. The van der Waals surface area contributed by atoms with E-state index in [1.165, 1.54) is 12.1 Å². The van der Waals surface area contributed by atoms with Gasteiger partial charge >= 0.3 is 0 Å². The lowest BCUT2D eigenvalue weighted by Gasteiger charge is -2.19. The van der Waals surface area contributed by atoms with Gasteiger partial charge in [-0.05, 0) is 48.6 Å². The first-order valence-electron chi connectivity index (χ1n) is 8.47. The van der Waals surface area contributed by atoms with Crippen molar-refractivity contribution in [2.75, 3.05) is 6.54 Å². The maximum Gasteiger partial charge on any atom is 0.251 e. The molecule has 1 saturated carbocycles. The van der Waals surface area contributed by atoms with Crippen LogP contribution in [0.1, 0.15) is 41.7 Å². The van der Waals surface area contributed by atoms with Gasteiger partial charge in [0.1, 0.15) is 0 Å². The molecule has 2 aromatic carbocycles. The number of nitrogens with one attached hydrogen (secondary N) is 2. The summed E-state index contributed by atoms with van der Waals surface area (Å²) in [4.78, 5) is 12.7. The summed E-state index contributed by atoms with van der Waals surface area (Å²) >= 11 is 0. The average molecular weight is 358 g/mol. The van der Waals surface area contributed by atoms with Crippen LogP contribution in [0.25, 0.3) is 0 Å². The van der Waals surface area contributed by atoms with Gasteiger partial charge in [0, 0.05) is 12.1 Å². The maximum atomic E-state index is 12.6. The van der Waals surface area contributed by atoms with Crippen LogP contribution in [0.15, 0.2) is 59.5 Å². The highest BCUT2D eigenvalue weighted by Gasteiger charge is 2.33. The van der Waals surface area contributed by atoms with Crippen LogP contribution in [0.3, 0.4) is 0 Å². The van der Waals surface area contributed by atoms with E-state index in [1.807, 2.05) is 30.3 Å². The Morgan fingerprint density at radius 1 is 1.08 bits per heavy atom. The molecule has 132 valence electrons. The molecule has 0 bridgehead atoms. The zero-order chi connectivity index (χ0) is 17.9. The van der Waals surface area contributed by atoms with E-state index in [2.05, 4.69) is 10.0 Å². The van der Waals surface area contributed by atoms with Crippen molar-refractivity contribution in [1.29, 1.82) is 0 Å². The number of hydrogen-bond donors (Lipinski definition) is 2. The standard InChI is InChI=1S/C19H22N2O3S/c1-2-20-25(23,24)17-12-10-16(11-13-17)19(22)21-18(15-8-9-15)14-6-4-3-5-7-14/h3-7,10-13,15,18,20H,2,8-9H2,1H3,(H,21,22). The van der Waals surface area contributed by atoms with Gasteiger partial charge in [-0.15, -0.1) is 0 Å². The Balaban J connectivity index is 1.74. The first kappa shape index (κ1) is 17.6. The molecule has 0 aromatic heterocycles. The summed E-state index contributed by atoms with van der Waals surface area (Å²) in [6, 6.07) is 16.0. The SMILES string of the molecule is CCNS(=O)(=O)c1ccc(C(=O)NC(c2ccccc2)C2CC2)cc1. The van der Waals surface area contributed by atoms with E-state index in [0.29, 0.717) is 18.0 Å². The number of sulfonamides is 1. The molecule has 1 unspecified atom stereocenters. The molecule has 0 spiro atoms. The third-order valence-electron chi connectivity index (χ3n) is 4.30. The zero-order valence-corrected chi connectivity index (χ0v) is 14.9. The lowest BCUT2D eigenvalue weighted by Crippen LogP contribution is -2.30. The molecular formula is C19H22N2O3S. The smallest absolute Gasteiger partial charge is 0.251 e. The van der Waals surface area contributed by atoms with Crippen molar-refractivity contribution in [3.05, 3.63) is 65.7 Å². The molecule has 6 heteroatoms. The monoisotopic (exact) mass is 358 g/mol. The summed E-state index contributed by atoms with van der Waals surface area (Å²) in [5.41, 5.74) is 1.56. The van der Waals surface area contributed by atoms with E-state index in [4.69, 9.17) is 0 Å². The van der Waals surface area contributed by atoms with Gasteiger partial charge in [0.05, 0.1) is 10.9 Å². The maximum absolute atomic E-state index is 12.6. The Labute approximate surface area is 148 Å². The molecule has 1 atom stereocenters. The molecule has 0 radical (unpaired) electrons. The van der Waals surface area contributed by atoms with Gasteiger partial charge in [-0.1, -0.05) is 37.3 Å². The average Bonchev–Trinajstić information content (AvgIpc) is 3.45. The van der Waals surface area contributed by atoms with Crippen molar-refractivity contribution in [3.63, 3.8) is 0 Å². The Morgan fingerprint density at radius 2 is 1.72 bits per heavy atom. The third kappa shape index (κ3) is 4.27. The molecule has 1 aliphatic carbocycles. The van der Waals surface area contributed by atoms with Crippen molar-refractivity contribution in [2.24, 2.45) is 5.92 Å². The summed E-state index contributed by atoms with van der Waals surface area (Å²) in [7, 11) is -3.50. The summed E-state index contributed by atoms with van der Waals surface area (Å²) in [6.07, 6.45) is 2.22. The minimum Gasteiger partial charge on any atom is -0.345 e. The topological polar surface area (TPSA) is 75.3 Å². The summed E-state index contributed by atoms with van der Waals surface area (Å²) < 4.78 is 26.4. The highest BCUT2D eigenvalue weighted by atomic mass is 32.2. The van der Waals surface area contributed by atoms with Gasteiger partial charge in [-0.2, -0.15) is 0 Å². The van der Waals surface area contributed by atoms with Gasteiger partial charge in [0.25, 0.3) is 5.91 Å². The number of carbonyl (C=O) groups excluding carboxylic acids is 1. The predicted molar refractivity (Wildman–Crippen MR) is 96.7 cm³/mol. The van der Waals surface area contributed by atoms with Crippen LogP contribution in [0.2, 0.25) is 0 Å². The lowest BCUT2D eigenvalue weighted by molar-refractivity contribution is 0.0931. The molecule has 0 heterocycles. The predicted octanol–water partition coefficient (Wildman–Crippen LogP) is 2.87. The lowest BCUT2D eigenvalue weighted by atomic mass is 10.0. The molecule has 2 aromatic rings. The normalized spacial score (nSPS) is 15.6. The van der Waals surface area contributed by atoms with E-state index in [9.17, 15) is 13.2 Å². The quantitative estimate of drug-likeness (QED) is 0.799. The second kappa shape index (κ2) is 7.37. The van der Waals surface area contributed by atoms with E-state index in [1.54, 1.807) is 19.1 Å². The molecule has 0 aliphatic heterocycles. The first-order valence-corrected chi connectivity index (χ1v) is 9.95. The molecule has 1 aliphatic rings. The number of benzene rings is 2. The summed E-state index contributed by atoms with van der Waals surface area (Å²) in [6.45, 7) is 2.05. The fraction of sp³-hybridized carbons (Fsp3) is 0.316. The highest BCUT2D eigenvalue weighted by Crippen LogP contribution is 2.41. The van der Waals surface area contributed by atoms with Crippen LogP contribution in [0.5, 0.6) is 0 Å². The molecule has 3 rings (SSSR count). The van der Waals surface area contributed by atoms with Crippen molar-refractivity contribution in [2.45, 2.75) is 30.7 Å². The second-order valence-electron chi connectivity index (χ2n) is 6.22. The Bertz CT molecular complexity index is 829. The Kier molecular flexibility index (Phi) is 5.20. The van der Waals surface area contributed by atoms with Crippen LogP contribution in [-0.4, -0.2) is 20.9 Å². The Hall–Kier alpha value is -2.18. The zero-order valence-electron chi connectivity index (χ0n) is 14.1. The minimum absolute atomic E-state index is 0.00105. The van der Waals surface area contributed by atoms with E-state index < -0.39 is 10.0 Å². The summed E-state index contributed by atoms with van der Waals surface area (Å²) in [5.74, 6) is 0.285. The highest BCUT2D eigenvalue weighted by molar-refractivity contribution is 7.89. The molecule has 0 saturated heterocycles. The molecule has 25 heavy (non-hydrogen) atoms. The van der Waals surface area contributed by atoms with Crippen LogP contribution in [0.4, 0.5) is 0 Å². The minimum atomic E-state index is -3.50. The van der Waals surface area contributed by atoms with Crippen molar-refractivity contribution in [3.8, 4) is 0 Å². The number of hydrogen-bond acceptors (Lipinski definition) is 3. The van der Waals surface area contributed by atoms with Gasteiger partial charge in [-0.3, -0.25) is 4.79 Å². The number of carbonyl (C=O) groups is 1. The van der Waals surface area contributed by atoms with Crippen LogP contribution in [-0.2, 0) is 10.0 Å². The van der Waals surface area contributed by atoms with Crippen molar-refractivity contribution >= 4 is 15.9 Å².